The highest BCUT2D eigenvalue weighted by Gasteiger charge is 2.30. The van der Waals surface area contributed by atoms with Crippen molar-refractivity contribution in [1.29, 1.82) is 0 Å². The lowest BCUT2D eigenvalue weighted by atomic mass is 10.2. The summed E-state index contributed by atoms with van der Waals surface area (Å²) in [5.41, 5.74) is -0.473. The van der Waals surface area contributed by atoms with E-state index < -0.39 is 5.60 Å². The Kier molecular flexibility index (Phi) is 7.42. The van der Waals surface area contributed by atoms with Gasteiger partial charge in [0.05, 0.1) is 19.3 Å². The lowest BCUT2D eigenvalue weighted by Gasteiger charge is -2.37. The minimum absolute atomic E-state index is 0.0126. The topological polar surface area (TPSA) is 60.0 Å². The monoisotopic (exact) mass is 302 g/mol. The molecule has 1 rings (SSSR count). The normalized spacial score (nSPS) is 21.2. The van der Waals surface area contributed by atoms with Crippen molar-refractivity contribution in [3.8, 4) is 0 Å². The van der Waals surface area contributed by atoms with E-state index in [-0.39, 0.29) is 12.1 Å². The third-order valence-corrected chi connectivity index (χ3v) is 3.31. The van der Waals surface area contributed by atoms with Gasteiger partial charge in [-0.1, -0.05) is 0 Å². The molecule has 2 atom stereocenters. The summed E-state index contributed by atoms with van der Waals surface area (Å²) in [4.78, 5) is 14.0. The number of amides is 1. The third-order valence-electron chi connectivity index (χ3n) is 3.31. The summed E-state index contributed by atoms with van der Waals surface area (Å²) < 4.78 is 16.0. The van der Waals surface area contributed by atoms with Crippen LogP contribution in [0.3, 0.4) is 0 Å². The molecule has 1 heterocycles. The largest absolute Gasteiger partial charge is 0.444 e. The molecule has 0 aromatic heterocycles. The highest BCUT2D eigenvalue weighted by atomic mass is 16.6. The molecule has 1 amide bonds. The van der Waals surface area contributed by atoms with Gasteiger partial charge < -0.3 is 19.5 Å². The molecular formula is C15H30N2O4. The summed E-state index contributed by atoms with van der Waals surface area (Å²) in [7, 11) is 1.70. The maximum atomic E-state index is 12.2. The standard InChI is InChI=1S/C15H30N2O4/c1-12(6-8-19-5)16-10-13-11-20-9-7-17(13)14(18)21-15(2,3)4/h12-13,16H,6-11H2,1-5H3. The molecule has 1 saturated heterocycles. The van der Waals surface area contributed by atoms with Crippen molar-refractivity contribution in [2.45, 2.75) is 51.8 Å². The average Bonchev–Trinajstić information content (AvgIpc) is 2.41. The molecule has 6 nitrogen and oxygen atoms in total. The van der Waals surface area contributed by atoms with Crippen LogP contribution >= 0.6 is 0 Å². The van der Waals surface area contributed by atoms with Crippen LogP contribution in [0.5, 0.6) is 0 Å². The van der Waals surface area contributed by atoms with Crippen LogP contribution in [0.25, 0.3) is 0 Å². The van der Waals surface area contributed by atoms with Crippen LogP contribution in [0.15, 0.2) is 0 Å². The maximum absolute atomic E-state index is 12.2. The van der Waals surface area contributed by atoms with E-state index in [1.54, 1.807) is 12.0 Å². The summed E-state index contributed by atoms with van der Waals surface area (Å²) in [5.74, 6) is 0. The summed E-state index contributed by atoms with van der Waals surface area (Å²) in [6.07, 6.45) is 0.679. The molecule has 0 aromatic carbocycles. The molecule has 0 aromatic rings. The second kappa shape index (κ2) is 8.56. The van der Waals surface area contributed by atoms with Gasteiger partial charge in [-0.2, -0.15) is 0 Å². The average molecular weight is 302 g/mol. The van der Waals surface area contributed by atoms with Gasteiger partial charge in [-0.05, 0) is 34.1 Å². The van der Waals surface area contributed by atoms with Crippen LogP contribution < -0.4 is 5.32 Å². The van der Waals surface area contributed by atoms with Gasteiger partial charge in [0, 0.05) is 32.8 Å². The molecule has 6 heteroatoms. The second-order valence-corrected chi connectivity index (χ2v) is 6.49. The molecule has 0 saturated carbocycles. The highest BCUT2D eigenvalue weighted by molar-refractivity contribution is 5.68. The summed E-state index contributed by atoms with van der Waals surface area (Å²) in [6.45, 7) is 10.9. The van der Waals surface area contributed by atoms with Crippen molar-refractivity contribution in [3.05, 3.63) is 0 Å². The number of nitrogens with one attached hydrogen (secondary N) is 1. The number of methoxy groups -OCH3 is 1. The predicted molar refractivity (Wildman–Crippen MR) is 81.5 cm³/mol. The van der Waals surface area contributed by atoms with E-state index in [0.29, 0.717) is 32.3 Å². The molecule has 1 N–H and O–H groups in total. The van der Waals surface area contributed by atoms with Crippen LogP contribution in [0.1, 0.15) is 34.1 Å². The van der Waals surface area contributed by atoms with E-state index in [1.165, 1.54) is 0 Å². The maximum Gasteiger partial charge on any atom is 0.410 e. The van der Waals surface area contributed by atoms with Gasteiger partial charge in [-0.25, -0.2) is 4.79 Å². The van der Waals surface area contributed by atoms with E-state index in [2.05, 4.69) is 12.2 Å². The van der Waals surface area contributed by atoms with Crippen molar-refractivity contribution >= 4 is 6.09 Å². The molecule has 124 valence electrons. The first-order valence-electron chi connectivity index (χ1n) is 7.63. The van der Waals surface area contributed by atoms with Crippen molar-refractivity contribution in [1.82, 2.24) is 10.2 Å². The zero-order valence-electron chi connectivity index (χ0n) is 14.0. The molecule has 1 aliphatic rings. The number of hydrogen-bond acceptors (Lipinski definition) is 5. The van der Waals surface area contributed by atoms with Crippen LogP contribution in [-0.2, 0) is 14.2 Å². The minimum atomic E-state index is -0.473. The van der Waals surface area contributed by atoms with Crippen LogP contribution in [0, 0.1) is 0 Å². The van der Waals surface area contributed by atoms with Gasteiger partial charge in [-0.15, -0.1) is 0 Å². The first kappa shape index (κ1) is 18.2. The summed E-state index contributed by atoms with van der Waals surface area (Å²) in [5, 5.41) is 3.43. The van der Waals surface area contributed by atoms with Gasteiger partial charge in [0.25, 0.3) is 0 Å². The number of morpholine rings is 1. The molecular weight excluding hydrogens is 272 g/mol. The highest BCUT2D eigenvalue weighted by Crippen LogP contribution is 2.14. The molecule has 0 radical (unpaired) electrons. The lowest BCUT2D eigenvalue weighted by molar-refractivity contribution is -0.0322. The Balaban J connectivity index is 2.47. The fraction of sp³-hybridized carbons (Fsp3) is 0.933. The molecule has 2 unspecified atom stereocenters. The number of ether oxygens (including phenoxy) is 3. The summed E-state index contributed by atoms with van der Waals surface area (Å²) >= 11 is 0. The van der Waals surface area contributed by atoms with Gasteiger partial charge in [0.2, 0.25) is 0 Å². The molecule has 1 fully saturated rings. The fourth-order valence-electron chi connectivity index (χ4n) is 2.12. The number of carbonyl (C=O) groups is 1. The van der Waals surface area contributed by atoms with E-state index >= 15 is 0 Å². The molecule has 1 aliphatic heterocycles. The van der Waals surface area contributed by atoms with Crippen LogP contribution in [-0.4, -0.2) is 68.7 Å². The second-order valence-electron chi connectivity index (χ2n) is 6.49. The van der Waals surface area contributed by atoms with Crippen LogP contribution in [0.4, 0.5) is 4.79 Å². The third kappa shape index (κ3) is 7.11. The van der Waals surface area contributed by atoms with Crippen molar-refractivity contribution in [2.24, 2.45) is 0 Å². The lowest BCUT2D eigenvalue weighted by Crippen LogP contribution is -2.54. The van der Waals surface area contributed by atoms with Gasteiger partial charge in [0.15, 0.2) is 0 Å². The quantitative estimate of drug-likeness (QED) is 0.808. The Morgan fingerprint density at radius 2 is 2.19 bits per heavy atom. The van der Waals surface area contributed by atoms with Gasteiger partial charge in [-0.3, -0.25) is 4.90 Å². The fourth-order valence-corrected chi connectivity index (χ4v) is 2.12. The molecule has 0 bridgehead atoms. The zero-order valence-corrected chi connectivity index (χ0v) is 14.0. The predicted octanol–water partition coefficient (Wildman–Crippen LogP) is 1.64. The number of carbonyl (C=O) groups excluding carboxylic acids is 1. The SMILES string of the molecule is COCCC(C)NCC1COCCN1C(=O)OC(C)(C)C. The van der Waals surface area contributed by atoms with E-state index in [0.717, 1.165) is 13.0 Å². The van der Waals surface area contributed by atoms with Crippen LogP contribution in [0.2, 0.25) is 0 Å². The zero-order chi connectivity index (χ0) is 15.9. The smallest absolute Gasteiger partial charge is 0.410 e. The Morgan fingerprint density at radius 1 is 1.48 bits per heavy atom. The molecule has 0 spiro atoms. The Bertz CT molecular complexity index is 317. The van der Waals surface area contributed by atoms with Gasteiger partial charge in [0.1, 0.15) is 5.60 Å². The number of nitrogens with zero attached hydrogens (tertiary/aromatic N) is 1. The summed E-state index contributed by atoms with van der Waals surface area (Å²) in [6, 6.07) is 0.353. The van der Waals surface area contributed by atoms with E-state index in [1.807, 2.05) is 20.8 Å². The van der Waals surface area contributed by atoms with Crippen molar-refractivity contribution < 1.29 is 19.0 Å². The molecule has 21 heavy (non-hydrogen) atoms. The number of rotatable bonds is 6. The Labute approximate surface area is 128 Å². The molecule has 0 aliphatic carbocycles. The number of hydrogen-bond donors (Lipinski definition) is 1. The Morgan fingerprint density at radius 3 is 2.81 bits per heavy atom. The minimum Gasteiger partial charge on any atom is -0.444 e. The Hall–Kier alpha value is -0.850. The van der Waals surface area contributed by atoms with Gasteiger partial charge >= 0.3 is 6.09 Å². The van der Waals surface area contributed by atoms with E-state index in [4.69, 9.17) is 14.2 Å². The van der Waals surface area contributed by atoms with Crippen molar-refractivity contribution in [3.63, 3.8) is 0 Å². The van der Waals surface area contributed by atoms with E-state index in [9.17, 15) is 4.79 Å². The first-order chi connectivity index (χ1) is 9.83. The van der Waals surface area contributed by atoms with Crippen molar-refractivity contribution in [2.75, 3.05) is 40.0 Å². The first-order valence-corrected chi connectivity index (χ1v) is 7.63.